The van der Waals surface area contributed by atoms with Gasteiger partial charge in [-0.3, -0.25) is 9.59 Å². The van der Waals surface area contributed by atoms with Gasteiger partial charge in [0.2, 0.25) is 5.91 Å². The molecule has 0 aliphatic rings. The van der Waals surface area contributed by atoms with Crippen molar-refractivity contribution in [3.05, 3.63) is 59.4 Å². The molecule has 0 saturated heterocycles. The highest BCUT2D eigenvalue weighted by atomic mass is 19.1. The lowest BCUT2D eigenvalue weighted by molar-refractivity contribution is -0.115. The second-order valence-electron chi connectivity index (χ2n) is 5.69. The van der Waals surface area contributed by atoms with Crippen LogP contribution in [-0.4, -0.2) is 37.4 Å². The monoisotopic (exact) mass is 344 g/mol. The molecule has 0 saturated carbocycles. The van der Waals surface area contributed by atoms with Gasteiger partial charge in [-0.1, -0.05) is 12.1 Å². The van der Waals surface area contributed by atoms with Crippen LogP contribution >= 0.6 is 0 Å². The van der Waals surface area contributed by atoms with Gasteiger partial charge in [-0.05, 0) is 42.8 Å². The van der Waals surface area contributed by atoms with E-state index in [0.717, 1.165) is 0 Å². The molecule has 1 N–H and O–H groups in total. The summed E-state index contributed by atoms with van der Waals surface area (Å²) in [7, 11) is 3.34. The number of rotatable bonds is 6. The van der Waals surface area contributed by atoms with Gasteiger partial charge in [0, 0.05) is 19.7 Å². The lowest BCUT2D eigenvalue weighted by Crippen LogP contribution is -2.22. The molecule has 5 nitrogen and oxygen atoms in total. The maximum absolute atomic E-state index is 12.9. The Hall–Kier alpha value is -2.89. The molecule has 0 atom stereocenters. The van der Waals surface area contributed by atoms with E-state index in [1.165, 1.54) is 17.0 Å². The molecule has 2 aromatic carbocycles. The minimum absolute atomic E-state index is 0.115. The predicted molar refractivity (Wildman–Crippen MR) is 94.4 cm³/mol. The zero-order chi connectivity index (χ0) is 18.4. The number of amides is 2. The van der Waals surface area contributed by atoms with Crippen molar-refractivity contribution >= 4 is 17.5 Å². The SMILES string of the molecule is CCOc1cc(C(=O)N(C)C)ccc1NC(=O)Cc1ccc(F)cc1. The fraction of sp³-hybridized carbons (Fsp3) is 0.263. The van der Waals surface area contributed by atoms with E-state index >= 15 is 0 Å². The van der Waals surface area contributed by atoms with Crippen molar-refractivity contribution in [2.45, 2.75) is 13.3 Å². The number of hydrogen-bond acceptors (Lipinski definition) is 3. The second kappa shape index (κ2) is 8.28. The summed E-state index contributed by atoms with van der Waals surface area (Å²) in [5.41, 5.74) is 1.67. The molecule has 2 aromatic rings. The van der Waals surface area contributed by atoms with Gasteiger partial charge in [0.15, 0.2) is 0 Å². The number of anilines is 1. The Kier molecular flexibility index (Phi) is 6.11. The molecule has 6 heteroatoms. The molecule has 2 rings (SSSR count). The lowest BCUT2D eigenvalue weighted by atomic mass is 10.1. The van der Waals surface area contributed by atoms with E-state index in [4.69, 9.17) is 4.74 Å². The van der Waals surface area contributed by atoms with Crippen LogP contribution in [-0.2, 0) is 11.2 Å². The van der Waals surface area contributed by atoms with E-state index < -0.39 is 0 Å². The van der Waals surface area contributed by atoms with Gasteiger partial charge in [0.05, 0.1) is 18.7 Å². The molecular weight excluding hydrogens is 323 g/mol. The van der Waals surface area contributed by atoms with Crippen molar-refractivity contribution in [2.24, 2.45) is 0 Å². The molecule has 132 valence electrons. The molecule has 25 heavy (non-hydrogen) atoms. The number of benzene rings is 2. The molecule has 0 aliphatic carbocycles. The van der Waals surface area contributed by atoms with E-state index in [0.29, 0.717) is 29.2 Å². The highest BCUT2D eigenvalue weighted by molar-refractivity contribution is 5.97. The van der Waals surface area contributed by atoms with Crippen molar-refractivity contribution in [2.75, 3.05) is 26.0 Å². The third-order valence-corrected chi connectivity index (χ3v) is 3.49. The lowest BCUT2D eigenvalue weighted by Gasteiger charge is -2.15. The van der Waals surface area contributed by atoms with Crippen molar-refractivity contribution in [3.63, 3.8) is 0 Å². The highest BCUT2D eigenvalue weighted by Crippen LogP contribution is 2.26. The fourth-order valence-electron chi connectivity index (χ4n) is 2.27. The summed E-state index contributed by atoms with van der Waals surface area (Å²) < 4.78 is 18.5. The summed E-state index contributed by atoms with van der Waals surface area (Å²) in [6.07, 6.45) is 0.115. The minimum Gasteiger partial charge on any atom is -0.492 e. The molecule has 0 heterocycles. The van der Waals surface area contributed by atoms with Crippen LogP contribution in [0.3, 0.4) is 0 Å². The van der Waals surface area contributed by atoms with Crippen LogP contribution in [0.25, 0.3) is 0 Å². The number of carbonyl (C=O) groups is 2. The minimum atomic E-state index is -0.344. The van der Waals surface area contributed by atoms with Crippen molar-refractivity contribution in [1.29, 1.82) is 0 Å². The number of nitrogens with one attached hydrogen (secondary N) is 1. The van der Waals surface area contributed by atoms with E-state index in [1.54, 1.807) is 44.4 Å². The zero-order valence-electron chi connectivity index (χ0n) is 14.5. The fourth-order valence-corrected chi connectivity index (χ4v) is 2.27. The smallest absolute Gasteiger partial charge is 0.253 e. The van der Waals surface area contributed by atoms with Gasteiger partial charge < -0.3 is 15.0 Å². The Labute approximate surface area is 146 Å². The summed E-state index contributed by atoms with van der Waals surface area (Å²) in [6.45, 7) is 2.23. The number of ether oxygens (including phenoxy) is 1. The van der Waals surface area contributed by atoms with Crippen LogP contribution in [0.5, 0.6) is 5.75 Å². The number of nitrogens with zero attached hydrogens (tertiary/aromatic N) is 1. The molecule has 0 bridgehead atoms. The van der Waals surface area contributed by atoms with E-state index in [2.05, 4.69) is 5.32 Å². The highest BCUT2D eigenvalue weighted by Gasteiger charge is 2.14. The molecule has 0 aromatic heterocycles. The van der Waals surface area contributed by atoms with Crippen molar-refractivity contribution < 1.29 is 18.7 Å². The van der Waals surface area contributed by atoms with Gasteiger partial charge in [0.25, 0.3) is 5.91 Å². The quantitative estimate of drug-likeness (QED) is 0.876. The van der Waals surface area contributed by atoms with E-state index in [-0.39, 0.29) is 24.1 Å². The van der Waals surface area contributed by atoms with Gasteiger partial charge in [0.1, 0.15) is 11.6 Å². The Morgan fingerprint density at radius 3 is 2.40 bits per heavy atom. The topological polar surface area (TPSA) is 58.6 Å². The Morgan fingerprint density at radius 1 is 1.12 bits per heavy atom. The largest absolute Gasteiger partial charge is 0.492 e. The third kappa shape index (κ3) is 5.04. The number of hydrogen-bond donors (Lipinski definition) is 1. The summed E-state index contributed by atoms with van der Waals surface area (Å²) in [6, 6.07) is 10.7. The van der Waals surface area contributed by atoms with Crippen molar-refractivity contribution in [3.8, 4) is 5.75 Å². The first-order valence-electron chi connectivity index (χ1n) is 7.93. The zero-order valence-corrected chi connectivity index (χ0v) is 14.5. The molecule has 0 unspecified atom stereocenters. The van der Waals surface area contributed by atoms with Crippen LogP contribution in [0, 0.1) is 5.82 Å². The Balaban J connectivity index is 2.15. The molecule has 0 aliphatic heterocycles. The van der Waals surface area contributed by atoms with Crippen LogP contribution < -0.4 is 10.1 Å². The first kappa shape index (κ1) is 18.4. The normalized spacial score (nSPS) is 10.2. The summed E-state index contributed by atoms with van der Waals surface area (Å²) in [5, 5.41) is 2.77. The van der Waals surface area contributed by atoms with Gasteiger partial charge >= 0.3 is 0 Å². The number of halogens is 1. The molecular formula is C19H21FN2O3. The molecule has 0 radical (unpaired) electrons. The van der Waals surface area contributed by atoms with Crippen molar-refractivity contribution in [1.82, 2.24) is 4.90 Å². The summed E-state index contributed by atoms with van der Waals surface area (Å²) in [4.78, 5) is 25.7. The second-order valence-corrected chi connectivity index (χ2v) is 5.69. The maximum atomic E-state index is 12.9. The third-order valence-electron chi connectivity index (χ3n) is 3.49. The van der Waals surface area contributed by atoms with Gasteiger partial charge in [-0.15, -0.1) is 0 Å². The first-order chi connectivity index (χ1) is 11.9. The first-order valence-corrected chi connectivity index (χ1v) is 7.93. The number of carbonyl (C=O) groups excluding carboxylic acids is 2. The van der Waals surface area contributed by atoms with Gasteiger partial charge in [-0.2, -0.15) is 0 Å². The van der Waals surface area contributed by atoms with Crippen LogP contribution in [0.15, 0.2) is 42.5 Å². The maximum Gasteiger partial charge on any atom is 0.253 e. The van der Waals surface area contributed by atoms with Gasteiger partial charge in [-0.25, -0.2) is 4.39 Å². The van der Waals surface area contributed by atoms with E-state index in [9.17, 15) is 14.0 Å². The van der Waals surface area contributed by atoms with Crippen LogP contribution in [0.1, 0.15) is 22.8 Å². The molecule has 2 amide bonds. The average Bonchev–Trinajstić information content (AvgIpc) is 2.58. The molecule has 0 fully saturated rings. The summed E-state index contributed by atoms with van der Waals surface area (Å²) >= 11 is 0. The summed E-state index contributed by atoms with van der Waals surface area (Å²) in [5.74, 6) is -0.309. The Morgan fingerprint density at radius 2 is 1.80 bits per heavy atom. The average molecular weight is 344 g/mol. The molecule has 0 spiro atoms. The van der Waals surface area contributed by atoms with Crippen LogP contribution in [0.2, 0.25) is 0 Å². The standard InChI is InChI=1S/C19H21FN2O3/c1-4-25-17-12-14(19(24)22(2)3)7-10-16(17)21-18(23)11-13-5-8-15(20)9-6-13/h5-10,12H,4,11H2,1-3H3,(H,21,23). The van der Waals surface area contributed by atoms with E-state index in [1.807, 2.05) is 6.92 Å². The van der Waals surface area contributed by atoms with Crippen LogP contribution in [0.4, 0.5) is 10.1 Å². The Bertz CT molecular complexity index is 758. The predicted octanol–water partition coefficient (Wildman–Crippen LogP) is 3.11.